The lowest BCUT2D eigenvalue weighted by molar-refractivity contribution is -0.139. The van der Waals surface area contributed by atoms with Gasteiger partial charge in [0.1, 0.15) is 5.76 Å². The van der Waals surface area contributed by atoms with E-state index >= 15 is 0 Å². The fourth-order valence-corrected chi connectivity index (χ4v) is 5.08. The molecule has 0 bridgehead atoms. The Labute approximate surface area is 202 Å². The van der Waals surface area contributed by atoms with Crippen LogP contribution in [0.25, 0.3) is 6.08 Å². The molecule has 3 heterocycles. The molecule has 0 unspecified atom stereocenters. The molecular formula is C21H15Br2ClN2O4S. The standard InChI is InChI=1S/C21H15Br2ClN2O4S/c1-3-29-20(28)16-10(2)25-21-26(17(16)11-4-6-12(24)7-5-11)19(27)15(31-21)9-13-8-14(22)18(23)30-13/h4-9,17H,3H2,1-2H3/b15-9+/t17-/m1/s1. The predicted octanol–water partition coefficient (Wildman–Crippen LogP) is 4.57. The Balaban J connectivity index is 1.96. The lowest BCUT2D eigenvalue weighted by atomic mass is 9.96. The monoisotopic (exact) mass is 584 g/mol. The molecule has 160 valence electrons. The van der Waals surface area contributed by atoms with Gasteiger partial charge in [-0.25, -0.2) is 9.79 Å². The van der Waals surface area contributed by atoms with Crippen LogP contribution in [0.4, 0.5) is 0 Å². The summed E-state index contributed by atoms with van der Waals surface area (Å²) in [5.41, 5.74) is 1.29. The van der Waals surface area contributed by atoms with Crippen molar-refractivity contribution in [1.82, 2.24) is 4.57 Å². The van der Waals surface area contributed by atoms with Crippen LogP contribution in [0.1, 0.15) is 31.2 Å². The van der Waals surface area contributed by atoms with E-state index < -0.39 is 12.0 Å². The van der Waals surface area contributed by atoms with Crippen LogP contribution in [0, 0.1) is 0 Å². The van der Waals surface area contributed by atoms with Gasteiger partial charge in [0.05, 0.1) is 32.9 Å². The first-order chi connectivity index (χ1) is 14.8. The fraction of sp³-hybridized carbons (Fsp3) is 0.190. The van der Waals surface area contributed by atoms with Crippen LogP contribution < -0.4 is 14.9 Å². The Morgan fingerprint density at radius 3 is 2.68 bits per heavy atom. The quantitative estimate of drug-likeness (QED) is 0.420. The van der Waals surface area contributed by atoms with Gasteiger partial charge >= 0.3 is 5.97 Å². The molecule has 4 rings (SSSR count). The van der Waals surface area contributed by atoms with E-state index in [0.29, 0.717) is 36.1 Å². The number of aromatic nitrogens is 1. The van der Waals surface area contributed by atoms with Crippen LogP contribution in [-0.2, 0) is 9.53 Å². The fourth-order valence-electron chi connectivity index (χ4n) is 3.32. The molecular weight excluding hydrogens is 572 g/mol. The minimum atomic E-state index is -0.676. The highest BCUT2D eigenvalue weighted by Gasteiger charge is 2.33. The summed E-state index contributed by atoms with van der Waals surface area (Å²) in [6.07, 6.45) is 1.65. The van der Waals surface area contributed by atoms with Gasteiger partial charge in [-0.3, -0.25) is 9.36 Å². The number of furan rings is 1. The van der Waals surface area contributed by atoms with Gasteiger partial charge in [0.25, 0.3) is 5.56 Å². The number of benzene rings is 1. The molecule has 1 aliphatic rings. The number of fused-ring (bicyclic) bond motifs is 1. The number of nitrogens with zero attached hydrogens (tertiary/aromatic N) is 2. The first-order valence-corrected chi connectivity index (χ1v) is 12.0. The summed E-state index contributed by atoms with van der Waals surface area (Å²) in [6, 6.07) is 8.12. The van der Waals surface area contributed by atoms with E-state index in [-0.39, 0.29) is 12.2 Å². The third-order valence-corrected chi connectivity index (χ3v) is 7.59. The summed E-state index contributed by atoms with van der Waals surface area (Å²) < 4.78 is 14.1. The first kappa shape index (κ1) is 22.3. The Morgan fingerprint density at radius 2 is 2.06 bits per heavy atom. The van der Waals surface area contributed by atoms with E-state index in [9.17, 15) is 9.59 Å². The van der Waals surface area contributed by atoms with Gasteiger partial charge in [-0.2, -0.15) is 0 Å². The number of esters is 1. The number of allylic oxidation sites excluding steroid dienone is 1. The number of hydrogen-bond acceptors (Lipinski definition) is 6. The number of rotatable bonds is 4. The van der Waals surface area contributed by atoms with Crippen LogP contribution >= 0.6 is 54.8 Å². The van der Waals surface area contributed by atoms with Crippen molar-refractivity contribution in [1.29, 1.82) is 0 Å². The predicted molar refractivity (Wildman–Crippen MR) is 126 cm³/mol. The largest absolute Gasteiger partial charge is 0.463 e. The average Bonchev–Trinajstić information content (AvgIpc) is 3.20. The Kier molecular flexibility index (Phi) is 6.39. The minimum Gasteiger partial charge on any atom is -0.463 e. The van der Waals surface area contributed by atoms with Crippen molar-refractivity contribution in [2.45, 2.75) is 19.9 Å². The van der Waals surface area contributed by atoms with Crippen LogP contribution in [0.3, 0.4) is 0 Å². The Bertz CT molecular complexity index is 1370. The number of carbonyl (C=O) groups excluding carboxylic acids is 1. The average molecular weight is 587 g/mol. The molecule has 0 radical (unpaired) electrons. The summed E-state index contributed by atoms with van der Waals surface area (Å²) in [6.45, 7) is 3.70. The molecule has 1 aromatic carbocycles. The third-order valence-electron chi connectivity index (χ3n) is 4.64. The lowest BCUT2D eigenvalue weighted by Crippen LogP contribution is -2.39. The molecule has 0 saturated heterocycles. The molecule has 6 nitrogen and oxygen atoms in total. The van der Waals surface area contributed by atoms with Crippen LogP contribution in [-0.4, -0.2) is 17.1 Å². The second kappa shape index (κ2) is 8.90. The topological polar surface area (TPSA) is 73.8 Å². The smallest absolute Gasteiger partial charge is 0.338 e. The molecule has 1 aliphatic heterocycles. The van der Waals surface area contributed by atoms with Crippen LogP contribution in [0.2, 0.25) is 5.02 Å². The molecule has 0 aliphatic carbocycles. The van der Waals surface area contributed by atoms with E-state index in [0.717, 1.165) is 10.0 Å². The molecule has 0 amide bonds. The first-order valence-electron chi connectivity index (χ1n) is 9.20. The highest BCUT2D eigenvalue weighted by atomic mass is 79.9. The third kappa shape index (κ3) is 4.24. The van der Waals surface area contributed by atoms with Crippen LogP contribution in [0.5, 0.6) is 0 Å². The van der Waals surface area contributed by atoms with Crippen molar-refractivity contribution in [3.8, 4) is 0 Å². The second-order valence-electron chi connectivity index (χ2n) is 6.62. The van der Waals surface area contributed by atoms with Gasteiger partial charge in [-0.05, 0) is 69.5 Å². The molecule has 1 atom stereocenters. The van der Waals surface area contributed by atoms with Crippen molar-refractivity contribution >= 4 is 66.8 Å². The minimum absolute atomic E-state index is 0.218. The molecule has 0 N–H and O–H groups in total. The number of carbonyl (C=O) groups is 1. The summed E-state index contributed by atoms with van der Waals surface area (Å²) in [7, 11) is 0. The van der Waals surface area contributed by atoms with Crippen LogP contribution in [0.15, 0.2) is 64.9 Å². The number of hydrogen-bond donors (Lipinski definition) is 0. The van der Waals surface area contributed by atoms with Crippen molar-refractivity contribution in [2.75, 3.05) is 6.61 Å². The maximum atomic E-state index is 13.4. The summed E-state index contributed by atoms with van der Waals surface area (Å²) in [5.74, 6) is 0.00487. The van der Waals surface area contributed by atoms with E-state index in [1.807, 2.05) is 0 Å². The highest BCUT2D eigenvalue weighted by Crippen LogP contribution is 2.31. The number of ether oxygens (including phenoxy) is 1. The zero-order valence-electron chi connectivity index (χ0n) is 16.3. The van der Waals surface area contributed by atoms with Crippen molar-refractivity contribution in [2.24, 2.45) is 4.99 Å². The summed E-state index contributed by atoms with van der Waals surface area (Å²) in [4.78, 5) is 31.2. The van der Waals surface area contributed by atoms with Gasteiger partial charge < -0.3 is 9.15 Å². The summed E-state index contributed by atoms with van der Waals surface area (Å²) >= 11 is 14.0. The van der Waals surface area contributed by atoms with Crippen molar-refractivity contribution in [3.63, 3.8) is 0 Å². The zero-order chi connectivity index (χ0) is 22.3. The van der Waals surface area contributed by atoms with Gasteiger partial charge in [0, 0.05) is 11.1 Å². The zero-order valence-corrected chi connectivity index (χ0v) is 21.1. The van der Waals surface area contributed by atoms with Gasteiger partial charge in [0.2, 0.25) is 0 Å². The van der Waals surface area contributed by atoms with E-state index in [2.05, 4.69) is 36.9 Å². The highest BCUT2D eigenvalue weighted by molar-refractivity contribution is 9.13. The van der Waals surface area contributed by atoms with E-state index in [4.69, 9.17) is 20.8 Å². The molecule has 0 saturated carbocycles. The molecule has 3 aromatic rings. The lowest BCUT2D eigenvalue weighted by Gasteiger charge is -2.24. The van der Waals surface area contributed by atoms with E-state index in [1.54, 1.807) is 50.3 Å². The molecule has 10 heteroatoms. The van der Waals surface area contributed by atoms with Crippen molar-refractivity contribution < 1.29 is 13.9 Å². The van der Waals surface area contributed by atoms with Crippen molar-refractivity contribution in [3.05, 3.63) is 86.8 Å². The normalized spacial score (nSPS) is 16.3. The second-order valence-corrected chi connectivity index (χ2v) is 9.64. The molecule has 0 fully saturated rings. The molecule has 0 spiro atoms. The van der Waals surface area contributed by atoms with Gasteiger partial charge in [-0.15, -0.1) is 0 Å². The summed E-state index contributed by atoms with van der Waals surface area (Å²) in [5, 5.41) is 0.559. The maximum Gasteiger partial charge on any atom is 0.338 e. The SMILES string of the molecule is CCOC(=O)C1=C(C)N=c2s/c(=C/c3cc(Br)c(Br)o3)c(=O)n2[C@@H]1c1ccc(Cl)cc1. The molecule has 2 aromatic heterocycles. The van der Waals surface area contributed by atoms with E-state index in [1.165, 1.54) is 15.9 Å². The Hall–Kier alpha value is -1.94. The Morgan fingerprint density at radius 1 is 1.35 bits per heavy atom. The maximum absolute atomic E-state index is 13.4. The van der Waals surface area contributed by atoms with Gasteiger partial charge in [0.15, 0.2) is 9.47 Å². The molecule has 31 heavy (non-hydrogen) atoms. The van der Waals surface area contributed by atoms with Gasteiger partial charge in [-0.1, -0.05) is 35.1 Å². The number of thiazole rings is 1. The number of halogens is 3.